The molecule has 0 aliphatic rings. The molecule has 5 nitrogen and oxygen atoms in total. The highest BCUT2D eigenvalue weighted by Gasteiger charge is 2.16. The van der Waals surface area contributed by atoms with Crippen LogP contribution in [0.5, 0.6) is 0 Å². The van der Waals surface area contributed by atoms with Gasteiger partial charge in [0.15, 0.2) is 5.96 Å². The highest BCUT2D eigenvalue weighted by molar-refractivity contribution is 14.0. The number of hydrogen-bond acceptors (Lipinski definition) is 3. The molecule has 0 atom stereocenters. The van der Waals surface area contributed by atoms with Crippen molar-refractivity contribution in [1.29, 1.82) is 0 Å². The number of benzene rings is 1. The first-order valence-electron chi connectivity index (χ1n) is 8.65. The van der Waals surface area contributed by atoms with Gasteiger partial charge in [-0.15, -0.1) is 24.0 Å². The first kappa shape index (κ1) is 22.8. The normalized spacial score (nSPS) is 11.8. The summed E-state index contributed by atoms with van der Waals surface area (Å²) in [6.07, 6.45) is 5.98. The van der Waals surface area contributed by atoms with Crippen molar-refractivity contribution in [1.82, 2.24) is 20.2 Å². The van der Waals surface area contributed by atoms with E-state index in [0.29, 0.717) is 6.54 Å². The Bertz CT molecular complexity index is 670. The van der Waals surface area contributed by atoms with Gasteiger partial charge in [0.1, 0.15) is 12.4 Å². The van der Waals surface area contributed by atoms with Crippen LogP contribution < -0.4 is 10.6 Å². The molecule has 1 aromatic heterocycles. The van der Waals surface area contributed by atoms with Crippen LogP contribution in [0.2, 0.25) is 0 Å². The smallest absolute Gasteiger partial charge is 0.191 e. The van der Waals surface area contributed by atoms with Crippen molar-refractivity contribution in [2.24, 2.45) is 4.99 Å². The van der Waals surface area contributed by atoms with Gasteiger partial charge in [0.05, 0.1) is 0 Å². The van der Waals surface area contributed by atoms with E-state index >= 15 is 0 Å². The number of guanidine groups is 1. The third-order valence-corrected chi connectivity index (χ3v) is 5.20. The van der Waals surface area contributed by atoms with Crippen molar-refractivity contribution < 1.29 is 0 Å². The second-order valence-corrected chi connectivity index (χ2v) is 7.98. The molecule has 0 bridgehead atoms. The maximum absolute atomic E-state index is 4.70. The molecule has 2 N–H and O–H groups in total. The lowest BCUT2D eigenvalue weighted by molar-refractivity contribution is 0.661. The Hall–Kier alpha value is -1.22. The lowest BCUT2D eigenvalue weighted by Gasteiger charge is -2.23. The van der Waals surface area contributed by atoms with Crippen LogP contribution in [0.3, 0.4) is 0 Å². The van der Waals surface area contributed by atoms with E-state index in [4.69, 9.17) is 4.99 Å². The zero-order valence-corrected chi connectivity index (χ0v) is 19.2. The molecule has 0 amide bonds. The van der Waals surface area contributed by atoms with Crippen LogP contribution in [0.25, 0.3) is 0 Å². The van der Waals surface area contributed by atoms with E-state index in [1.54, 1.807) is 0 Å². The standard InChI is InChI=1S/C19H29N5S.HI/c1-5-20-18(23-15-19(2,3)25-4)22-13-17-21-11-12-24(17)14-16-9-7-6-8-10-16;/h6-12H,5,13-15H2,1-4H3,(H2,20,22,23);1H. The van der Waals surface area contributed by atoms with E-state index in [-0.39, 0.29) is 28.7 Å². The van der Waals surface area contributed by atoms with Gasteiger partial charge in [0.25, 0.3) is 0 Å². The van der Waals surface area contributed by atoms with E-state index in [1.807, 2.05) is 30.2 Å². The number of imidazole rings is 1. The zero-order chi connectivity index (χ0) is 18.1. The Morgan fingerprint density at radius 3 is 2.62 bits per heavy atom. The van der Waals surface area contributed by atoms with Gasteiger partial charge < -0.3 is 15.2 Å². The summed E-state index contributed by atoms with van der Waals surface area (Å²) in [5.74, 6) is 1.80. The molecular weight excluding hydrogens is 457 g/mol. The SMILES string of the molecule is CCNC(=NCc1nccn1Cc1ccccc1)NCC(C)(C)SC.I. The average molecular weight is 487 g/mol. The molecule has 1 heterocycles. The van der Waals surface area contributed by atoms with Crippen molar-refractivity contribution >= 4 is 41.7 Å². The minimum atomic E-state index is 0. The lowest BCUT2D eigenvalue weighted by Crippen LogP contribution is -2.43. The van der Waals surface area contributed by atoms with Crippen LogP contribution >= 0.6 is 35.7 Å². The predicted molar refractivity (Wildman–Crippen MR) is 124 cm³/mol. The van der Waals surface area contributed by atoms with Crippen molar-refractivity contribution in [2.75, 3.05) is 19.3 Å². The monoisotopic (exact) mass is 487 g/mol. The number of rotatable bonds is 8. The summed E-state index contributed by atoms with van der Waals surface area (Å²) in [5, 5.41) is 6.73. The molecule has 0 fully saturated rings. The van der Waals surface area contributed by atoms with Crippen LogP contribution in [0, 0.1) is 0 Å². The molecule has 0 unspecified atom stereocenters. The summed E-state index contributed by atoms with van der Waals surface area (Å²) >= 11 is 1.84. The molecule has 1 aromatic carbocycles. The zero-order valence-electron chi connectivity index (χ0n) is 16.0. The largest absolute Gasteiger partial charge is 0.357 e. The van der Waals surface area contributed by atoms with Gasteiger partial charge in [-0.3, -0.25) is 0 Å². The van der Waals surface area contributed by atoms with E-state index in [1.165, 1.54) is 5.56 Å². The molecular formula is C19H30IN5S. The van der Waals surface area contributed by atoms with Gasteiger partial charge in [0, 0.05) is 36.8 Å². The van der Waals surface area contributed by atoms with Crippen LogP contribution in [0.15, 0.2) is 47.7 Å². The number of aromatic nitrogens is 2. The topological polar surface area (TPSA) is 54.2 Å². The molecule has 0 saturated heterocycles. The number of halogens is 1. The Kier molecular flexibility index (Phi) is 10.1. The minimum Gasteiger partial charge on any atom is -0.357 e. The van der Waals surface area contributed by atoms with Gasteiger partial charge in [-0.1, -0.05) is 30.3 Å². The molecule has 0 aliphatic heterocycles. The maximum Gasteiger partial charge on any atom is 0.191 e. The molecule has 0 radical (unpaired) electrons. The van der Waals surface area contributed by atoms with Crippen LogP contribution in [0.4, 0.5) is 0 Å². The van der Waals surface area contributed by atoms with E-state index < -0.39 is 0 Å². The van der Waals surface area contributed by atoms with E-state index in [2.05, 4.69) is 71.5 Å². The summed E-state index contributed by atoms with van der Waals surface area (Å²) in [7, 11) is 0. The molecule has 144 valence electrons. The summed E-state index contributed by atoms with van der Waals surface area (Å²) in [6, 6.07) is 10.4. The Morgan fingerprint density at radius 1 is 1.23 bits per heavy atom. The molecule has 7 heteroatoms. The van der Waals surface area contributed by atoms with Gasteiger partial charge in [-0.05, 0) is 32.6 Å². The van der Waals surface area contributed by atoms with Gasteiger partial charge in [-0.2, -0.15) is 11.8 Å². The lowest BCUT2D eigenvalue weighted by atomic mass is 10.2. The second kappa shape index (κ2) is 11.5. The molecule has 0 saturated carbocycles. The fourth-order valence-electron chi connectivity index (χ4n) is 2.28. The van der Waals surface area contributed by atoms with Crippen molar-refractivity contribution in [3.8, 4) is 0 Å². The van der Waals surface area contributed by atoms with Gasteiger partial charge in [0.2, 0.25) is 0 Å². The summed E-state index contributed by atoms with van der Waals surface area (Å²) < 4.78 is 2.32. The molecule has 0 aliphatic carbocycles. The third kappa shape index (κ3) is 7.57. The summed E-state index contributed by atoms with van der Waals surface area (Å²) in [6.45, 7) is 9.58. The van der Waals surface area contributed by atoms with Crippen LogP contribution in [-0.4, -0.2) is 39.6 Å². The number of nitrogens with zero attached hydrogens (tertiary/aromatic N) is 3. The number of nitrogens with one attached hydrogen (secondary N) is 2. The van der Waals surface area contributed by atoms with E-state index in [9.17, 15) is 0 Å². The highest BCUT2D eigenvalue weighted by Crippen LogP contribution is 2.19. The molecule has 2 rings (SSSR count). The highest BCUT2D eigenvalue weighted by atomic mass is 127. The van der Waals surface area contributed by atoms with Gasteiger partial charge >= 0.3 is 0 Å². The summed E-state index contributed by atoms with van der Waals surface area (Å²) in [5.41, 5.74) is 1.26. The minimum absolute atomic E-state index is 0. The Balaban J connectivity index is 0.00000338. The van der Waals surface area contributed by atoms with Crippen molar-refractivity contribution in [3.63, 3.8) is 0 Å². The number of thioether (sulfide) groups is 1. The Labute approximate surface area is 178 Å². The van der Waals surface area contributed by atoms with E-state index in [0.717, 1.165) is 31.4 Å². The predicted octanol–water partition coefficient (Wildman–Crippen LogP) is 3.75. The second-order valence-electron chi connectivity index (χ2n) is 6.47. The number of hydrogen-bond donors (Lipinski definition) is 2. The van der Waals surface area contributed by atoms with Crippen LogP contribution in [-0.2, 0) is 13.1 Å². The molecule has 0 spiro atoms. The van der Waals surface area contributed by atoms with Gasteiger partial charge in [-0.25, -0.2) is 9.98 Å². The molecule has 26 heavy (non-hydrogen) atoms. The molecule has 2 aromatic rings. The fourth-order valence-corrected chi connectivity index (χ4v) is 2.49. The van der Waals surface area contributed by atoms with Crippen LogP contribution in [0.1, 0.15) is 32.2 Å². The first-order chi connectivity index (χ1) is 12.0. The third-order valence-electron chi connectivity index (χ3n) is 3.95. The van der Waals surface area contributed by atoms with Crippen molar-refractivity contribution in [3.05, 3.63) is 54.1 Å². The average Bonchev–Trinajstić information content (AvgIpc) is 3.05. The number of aliphatic imine (C=N–C) groups is 1. The summed E-state index contributed by atoms with van der Waals surface area (Å²) in [4.78, 5) is 9.16. The Morgan fingerprint density at radius 2 is 1.96 bits per heavy atom. The quantitative estimate of drug-likeness (QED) is 0.339. The maximum atomic E-state index is 4.70. The van der Waals surface area contributed by atoms with Crippen molar-refractivity contribution in [2.45, 2.75) is 38.6 Å². The fraction of sp³-hybridized carbons (Fsp3) is 0.474. The first-order valence-corrected chi connectivity index (χ1v) is 9.88.